The topological polar surface area (TPSA) is 44.3 Å². The van der Waals surface area contributed by atoms with Crippen LogP contribution in [-0.2, 0) is 0 Å². The van der Waals surface area contributed by atoms with Gasteiger partial charge in [-0.2, -0.15) is 0 Å². The molecule has 3 heteroatoms. The van der Waals surface area contributed by atoms with Crippen LogP contribution in [0.3, 0.4) is 0 Å². The molecule has 0 fully saturated rings. The highest BCUT2D eigenvalue weighted by Gasteiger charge is 1.87. The Morgan fingerprint density at radius 2 is 2.25 bits per heavy atom. The fourth-order valence-corrected chi connectivity index (χ4v) is 0.345. The van der Waals surface area contributed by atoms with Gasteiger partial charge < -0.3 is 5.11 Å². The Bertz CT molecular complexity index is 47.7. The highest BCUT2D eigenvalue weighted by molar-refractivity contribution is 4.37. The number of aliphatic hydroxyl groups excluding tert-OH is 1. The summed E-state index contributed by atoms with van der Waals surface area (Å²) in [6.07, 6.45) is 0.612. The SMILES string of the molecule is CCCNNC(C)O. The summed E-state index contributed by atoms with van der Waals surface area (Å²) in [7, 11) is 0. The Morgan fingerprint density at radius 3 is 2.62 bits per heavy atom. The van der Waals surface area contributed by atoms with Gasteiger partial charge in [-0.15, -0.1) is 0 Å². The van der Waals surface area contributed by atoms with E-state index in [-0.39, 0.29) is 0 Å². The summed E-state index contributed by atoms with van der Waals surface area (Å²) >= 11 is 0. The Morgan fingerprint density at radius 1 is 1.62 bits per heavy atom. The smallest absolute Gasteiger partial charge is 0.114 e. The molecule has 3 nitrogen and oxygen atoms in total. The van der Waals surface area contributed by atoms with Crippen LogP contribution in [-0.4, -0.2) is 17.9 Å². The van der Waals surface area contributed by atoms with Crippen molar-refractivity contribution in [2.45, 2.75) is 26.5 Å². The predicted molar refractivity (Wildman–Crippen MR) is 33.1 cm³/mol. The highest BCUT2D eigenvalue weighted by Crippen LogP contribution is 1.68. The molecule has 50 valence electrons. The van der Waals surface area contributed by atoms with Crippen LogP contribution in [0.4, 0.5) is 0 Å². The van der Waals surface area contributed by atoms with E-state index in [0.717, 1.165) is 13.0 Å². The average molecular weight is 118 g/mol. The lowest BCUT2D eigenvalue weighted by Gasteiger charge is -2.06. The number of rotatable bonds is 4. The highest BCUT2D eigenvalue weighted by atomic mass is 16.3. The minimum absolute atomic E-state index is 0.457. The van der Waals surface area contributed by atoms with Gasteiger partial charge in [-0.25, -0.2) is 5.43 Å². The van der Waals surface area contributed by atoms with E-state index in [4.69, 9.17) is 5.11 Å². The molecule has 0 aliphatic rings. The summed E-state index contributed by atoms with van der Waals surface area (Å²) in [4.78, 5) is 0. The van der Waals surface area contributed by atoms with E-state index in [1.54, 1.807) is 6.92 Å². The molecular weight excluding hydrogens is 104 g/mol. The Balaban J connectivity index is 2.72. The number of hydrogen-bond donors (Lipinski definition) is 3. The molecule has 0 rings (SSSR count). The zero-order valence-corrected chi connectivity index (χ0v) is 5.44. The van der Waals surface area contributed by atoms with E-state index in [0.29, 0.717) is 0 Å². The second-order valence-electron chi connectivity index (χ2n) is 1.75. The van der Waals surface area contributed by atoms with Gasteiger partial charge in [0.2, 0.25) is 0 Å². The van der Waals surface area contributed by atoms with Crippen molar-refractivity contribution in [3.05, 3.63) is 0 Å². The summed E-state index contributed by atoms with van der Waals surface area (Å²) in [5, 5.41) is 8.61. The lowest BCUT2D eigenvalue weighted by Crippen LogP contribution is -2.39. The number of nitrogens with one attached hydrogen (secondary N) is 2. The largest absolute Gasteiger partial charge is 0.378 e. The van der Waals surface area contributed by atoms with Crippen molar-refractivity contribution in [2.24, 2.45) is 0 Å². The van der Waals surface area contributed by atoms with Gasteiger partial charge >= 0.3 is 0 Å². The molecule has 0 spiro atoms. The zero-order valence-electron chi connectivity index (χ0n) is 5.44. The summed E-state index contributed by atoms with van der Waals surface area (Å²) in [6, 6.07) is 0. The van der Waals surface area contributed by atoms with Crippen molar-refractivity contribution in [3.8, 4) is 0 Å². The van der Waals surface area contributed by atoms with Crippen molar-refractivity contribution in [2.75, 3.05) is 6.54 Å². The average Bonchev–Trinajstić information content (AvgIpc) is 1.66. The minimum atomic E-state index is -0.457. The first-order chi connectivity index (χ1) is 3.77. The summed E-state index contributed by atoms with van der Waals surface area (Å²) in [6.45, 7) is 4.63. The lowest BCUT2D eigenvalue weighted by atomic mass is 10.5. The van der Waals surface area contributed by atoms with E-state index in [1.807, 2.05) is 0 Å². The van der Waals surface area contributed by atoms with Gasteiger partial charge in [0.1, 0.15) is 6.23 Å². The number of hydrogen-bond acceptors (Lipinski definition) is 3. The lowest BCUT2D eigenvalue weighted by molar-refractivity contribution is 0.138. The summed E-state index contributed by atoms with van der Waals surface area (Å²) in [5.74, 6) is 0. The van der Waals surface area contributed by atoms with Crippen molar-refractivity contribution < 1.29 is 5.11 Å². The van der Waals surface area contributed by atoms with E-state index in [9.17, 15) is 0 Å². The normalized spacial score (nSPS) is 13.9. The van der Waals surface area contributed by atoms with Crippen molar-refractivity contribution in [3.63, 3.8) is 0 Å². The fourth-order valence-electron chi connectivity index (χ4n) is 0.345. The Hall–Kier alpha value is -0.120. The van der Waals surface area contributed by atoms with Crippen molar-refractivity contribution in [1.82, 2.24) is 10.9 Å². The van der Waals surface area contributed by atoms with E-state index < -0.39 is 6.23 Å². The molecule has 0 saturated heterocycles. The maximum atomic E-state index is 8.61. The van der Waals surface area contributed by atoms with Crippen LogP contribution >= 0.6 is 0 Å². The van der Waals surface area contributed by atoms with Crippen LogP contribution in [0.25, 0.3) is 0 Å². The molecule has 0 aromatic heterocycles. The third kappa shape index (κ3) is 5.88. The first kappa shape index (κ1) is 7.88. The molecule has 8 heavy (non-hydrogen) atoms. The van der Waals surface area contributed by atoms with Crippen molar-refractivity contribution >= 4 is 0 Å². The molecule has 1 unspecified atom stereocenters. The molecule has 0 aliphatic heterocycles. The second kappa shape index (κ2) is 5.03. The van der Waals surface area contributed by atoms with Crippen molar-refractivity contribution in [1.29, 1.82) is 0 Å². The van der Waals surface area contributed by atoms with Gasteiger partial charge in [0.15, 0.2) is 0 Å². The third-order valence-corrected chi connectivity index (χ3v) is 0.686. The van der Waals surface area contributed by atoms with Crippen LogP contribution in [0.5, 0.6) is 0 Å². The number of aliphatic hydroxyl groups is 1. The molecule has 0 heterocycles. The van der Waals surface area contributed by atoms with Gasteiger partial charge in [-0.05, 0) is 13.3 Å². The van der Waals surface area contributed by atoms with Gasteiger partial charge in [-0.3, -0.25) is 5.43 Å². The van der Waals surface area contributed by atoms with E-state index in [1.165, 1.54) is 0 Å². The van der Waals surface area contributed by atoms with Crippen LogP contribution in [0.15, 0.2) is 0 Å². The molecule has 1 atom stereocenters. The molecule has 0 aromatic rings. The zero-order chi connectivity index (χ0) is 6.41. The summed E-state index contributed by atoms with van der Waals surface area (Å²) in [5.41, 5.74) is 5.49. The Labute approximate surface area is 50.1 Å². The van der Waals surface area contributed by atoms with Gasteiger partial charge in [-0.1, -0.05) is 6.92 Å². The third-order valence-electron chi connectivity index (χ3n) is 0.686. The van der Waals surface area contributed by atoms with Gasteiger partial charge in [0, 0.05) is 6.54 Å². The molecule has 0 amide bonds. The number of hydrazine groups is 1. The predicted octanol–water partition coefficient (Wildman–Crippen LogP) is -0.171. The van der Waals surface area contributed by atoms with Crippen LogP contribution in [0.2, 0.25) is 0 Å². The molecule has 0 radical (unpaired) electrons. The Kier molecular flexibility index (Phi) is 4.95. The molecule has 3 N–H and O–H groups in total. The van der Waals surface area contributed by atoms with E-state index >= 15 is 0 Å². The van der Waals surface area contributed by atoms with Crippen LogP contribution in [0, 0.1) is 0 Å². The molecular formula is C5H14N2O. The maximum Gasteiger partial charge on any atom is 0.114 e. The fraction of sp³-hybridized carbons (Fsp3) is 1.00. The monoisotopic (exact) mass is 118 g/mol. The molecule has 0 bridgehead atoms. The summed E-state index contributed by atoms with van der Waals surface area (Å²) < 4.78 is 0. The quantitative estimate of drug-likeness (QED) is 0.273. The first-order valence-electron chi connectivity index (χ1n) is 2.93. The van der Waals surface area contributed by atoms with Crippen LogP contribution in [0.1, 0.15) is 20.3 Å². The van der Waals surface area contributed by atoms with Gasteiger partial charge in [0.25, 0.3) is 0 Å². The molecule has 0 aliphatic carbocycles. The van der Waals surface area contributed by atoms with E-state index in [2.05, 4.69) is 17.8 Å². The first-order valence-corrected chi connectivity index (χ1v) is 2.93. The van der Waals surface area contributed by atoms with Crippen LogP contribution < -0.4 is 10.9 Å². The molecule has 0 saturated carbocycles. The maximum absolute atomic E-state index is 8.61. The second-order valence-corrected chi connectivity index (χ2v) is 1.75. The molecule has 0 aromatic carbocycles. The minimum Gasteiger partial charge on any atom is -0.378 e. The van der Waals surface area contributed by atoms with Gasteiger partial charge in [0.05, 0.1) is 0 Å². The standard InChI is InChI=1S/C5H14N2O/c1-3-4-6-7-5(2)8/h5-8H,3-4H2,1-2H3.